The number of thiophene rings is 1. The second kappa shape index (κ2) is 5.08. The van der Waals surface area contributed by atoms with Crippen LogP contribution in [0.25, 0.3) is 10.1 Å². The molecule has 0 radical (unpaired) electrons. The summed E-state index contributed by atoms with van der Waals surface area (Å²) in [5.74, 6) is 0.117. The molecule has 0 fully saturated rings. The predicted octanol–water partition coefficient (Wildman–Crippen LogP) is 3.62. The fourth-order valence-electron chi connectivity index (χ4n) is 1.51. The molecule has 0 aliphatic carbocycles. The van der Waals surface area contributed by atoms with Gasteiger partial charge in [-0.05, 0) is 30.0 Å². The Labute approximate surface area is 106 Å². The van der Waals surface area contributed by atoms with Gasteiger partial charge in [-0.1, -0.05) is 22.0 Å². The minimum absolute atomic E-state index is 0.0716. The molecular formula is C12H11BrO2S. The van der Waals surface area contributed by atoms with Crippen LogP contribution in [0.4, 0.5) is 0 Å². The molecule has 0 atom stereocenters. The third-order valence-electron chi connectivity index (χ3n) is 2.32. The molecular weight excluding hydrogens is 288 g/mol. The Morgan fingerprint density at radius 1 is 1.38 bits per heavy atom. The zero-order chi connectivity index (χ0) is 11.5. The van der Waals surface area contributed by atoms with Crippen molar-refractivity contribution in [2.75, 3.05) is 6.61 Å². The van der Waals surface area contributed by atoms with Crippen LogP contribution in [0.5, 0.6) is 0 Å². The van der Waals surface area contributed by atoms with Crippen molar-refractivity contribution in [3.63, 3.8) is 0 Å². The lowest BCUT2D eigenvalue weighted by atomic mass is 10.2. The molecule has 0 aliphatic heterocycles. The fourth-order valence-corrected chi connectivity index (χ4v) is 3.09. The average Bonchev–Trinajstić information content (AvgIpc) is 2.68. The van der Waals surface area contributed by atoms with Gasteiger partial charge in [-0.25, -0.2) is 0 Å². The summed E-state index contributed by atoms with van der Waals surface area (Å²) < 4.78 is 2.14. The number of fused-ring (bicyclic) bond motifs is 1. The molecule has 0 saturated heterocycles. The van der Waals surface area contributed by atoms with Crippen LogP contribution in [-0.4, -0.2) is 17.5 Å². The first-order chi connectivity index (χ1) is 7.70. The molecule has 0 amide bonds. The van der Waals surface area contributed by atoms with Crippen LogP contribution >= 0.6 is 27.3 Å². The van der Waals surface area contributed by atoms with E-state index in [-0.39, 0.29) is 12.4 Å². The Morgan fingerprint density at radius 3 is 2.94 bits per heavy atom. The highest BCUT2D eigenvalue weighted by Gasteiger charge is 2.09. The number of hydrogen-bond donors (Lipinski definition) is 1. The van der Waals surface area contributed by atoms with E-state index in [4.69, 9.17) is 5.11 Å². The monoisotopic (exact) mass is 298 g/mol. The number of carbonyl (C=O) groups excluding carboxylic acids is 1. The molecule has 1 aromatic carbocycles. The van der Waals surface area contributed by atoms with E-state index in [0.717, 1.165) is 19.4 Å². The predicted molar refractivity (Wildman–Crippen MR) is 70.2 cm³/mol. The summed E-state index contributed by atoms with van der Waals surface area (Å²) in [5.41, 5.74) is 0. The van der Waals surface area contributed by atoms with Gasteiger partial charge in [-0.2, -0.15) is 0 Å². The summed E-state index contributed by atoms with van der Waals surface area (Å²) in [4.78, 5) is 12.5. The van der Waals surface area contributed by atoms with Gasteiger partial charge in [0.15, 0.2) is 5.78 Å². The standard InChI is InChI=1S/C12H11BrO2S/c13-9-4-3-8-6-12(16-11(8)7-9)10(15)2-1-5-14/h3-4,6-7,14H,1-2,5H2. The Kier molecular flexibility index (Phi) is 3.74. The van der Waals surface area contributed by atoms with Gasteiger partial charge in [0, 0.05) is 22.2 Å². The van der Waals surface area contributed by atoms with E-state index >= 15 is 0 Å². The van der Waals surface area contributed by atoms with E-state index in [0.29, 0.717) is 12.8 Å². The number of rotatable bonds is 4. The molecule has 0 aliphatic rings. The summed E-state index contributed by atoms with van der Waals surface area (Å²) in [6.45, 7) is 0.0716. The van der Waals surface area contributed by atoms with Gasteiger partial charge in [0.25, 0.3) is 0 Å². The van der Waals surface area contributed by atoms with E-state index in [1.54, 1.807) is 0 Å². The molecule has 2 rings (SSSR count). The van der Waals surface area contributed by atoms with E-state index in [1.165, 1.54) is 11.3 Å². The van der Waals surface area contributed by atoms with E-state index in [1.807, 2.05) is 24.3 Å². The summed E-state index contributed by atoms with van der Waals surface area (Å²) in [7, 11) is 0. The Hall–Kier alpha value is -0.710. The van der Waals surface area contributed by atoms with Gasteiger partial charge >= 0.3 is 0 Å². The molecule has 16 heavy (non-hydrogen) atoms. The Bertz CT molecular complexity index is 519. The van der Waals surface area contributed by atoms with Gasteiger partial charge in [-0.3, -0.25) is 4.79 Å². The lowest BCUT2D eigenvalue weighted by molar-refractivity contribution is 0.0975. The summed E-state index contributed by atoms with van der Waals surface area (Å²) >= 11 is 4.92. The summed E-state index contributed by atoms with van der Waals surface area (Å²) in [6.07, 6.45) is 0.960. The van der Waals surface area contributed by atoms with E-state index in [2.05, 4.69) is 15.9 Å². The largest absolute Gasteiger partial charge is 0.396 e. The second-order valence-electron chi connectivity index (χ2n) is 3.54. The third-order valence-corrected chi connectivity index (χ3v) is 3.95. The van der Waals surface area contributed by atoms with Crippen LogP contribution in [0.2, 0.25) is 0 Å². The fraction of sp³-hybridized carbons (Fsp3) is 0.250. The minimum atomic E-state index is 0.0716. The zero-order valence-corrected chi connectivity index (χ0v) is 11.0. The maximum atomic E-state index is 11.7. The highest BCUT2D eigenvalue weighted by Crippen LogP contribution is 2.29. The molecule has 0 unspecified atom stereocenters. The van der Waals surface area contributed by atoms with Crippen molar-refractivity contribution >= 4 is 43.1 Å². The van der Waals surface area contributed by atoms with Crippen LogP contribution in [0.15, 0.2) is 28.7 Å². The van der Waals surface area contributed by atoms with Crippen LogP contribution in [0.3, 0.4) is 0 Å². The first-order valence-electron chi connectivity index (χ1n) is 5.04. The molecule has 0 bridgehead atoms. The van der Waals surface area contributed by atoms with Crippen LogP contribution < -0.4 is 0 Å². The van der Waals surface area contributed by atoms with Crippen LogP contribution in [-0.2, 0) is 0 Å². The van der Waals surface area contributed by atoms with Gasteiger partial charge in [0.1, 0.15) is 0 Å². The Balaban J connectivity index is 2.28. The molecule has 2 aromatic rings. The molecule has 1 aromatic heterocycles. The normalized spacial score (nSPS) is 10.9. The smallest absolute Gasteiger partial charge is 0.172 e. The molecule has 1 heterocycles. The number of ketones is 1. The van der Waals surface area contributed by atoms with Crippen molar-refractivity contribution in [2.24, 2.45) is 0 Å². The lowest BCUT2D eigenvalue weighted by Crippen LogP contribution is -1.96. The first kappa shape index (κ1) is 11.8. The zero-order valence-electron chi connectivity index (χ0n) is 8.57. The number of benzene rings is 1. The SMILES string of the molecule is O=C(CCCO)c1cc2ccc(Br)cc2s1. The van der Waals surface area contributed by atoms with Crippen molar-refractivity contribution in [3.8, 4) is 0 Å². The molecule has 84 valence electrons. The highest BCUT2D eigenvalue weighted by atomic mass is 79.9. The van der Waals surface area contributed by atoms with Crippen molar-refractivity contribution in [3.05, 3.63) is 33.6 Å². The Morgan fingerprint density at radius 2 is 2.19 bits per heavy atom. The lowest BCUT2D eigenvalue weighted by Gasteiger charge is -1.93. The number of aliphatic hydroxyl groups excluding tert-OH is 1. The van der Waals surface area contributed by atoms with Crippen molar-refractivity contribution in [1.82, 2.24) is 0 Å². The van der Waals surface area contributed by atoms with Crippen molar-refractivity contribution in [2.45, 2.75) is 12.8 Å². The molecule has 2 nitrogen and oxygen atoms in total. The molecule has 1 N–H and O–H groups in total. The second-order valence-corrected chi connectivity index (χ2v) is 5.54. The van der Waals surface area contributed by atoms with Crippen molar-refractivity contribution in [1.29, 1.82) is 0 Å². The van der Waals surface area contributed by atoms with Crippen LogP contribution in [0.1, 0.15) is 22.5 Å². The molecule has 0 saturated carbocycles. The van der Waals surface area contributed by atoms with Crippen molar-refractivity contribution < 1.29 is 9.90 Å². The first-order valence-corrected chi connectivity index (χ1v) is 6.65. The number of Topliss-reactive ketones (excluding diaryl/α,β-unsaturated/α-hetero) is 1. The summed E-state index contributed by atoms with van der Waals surface area (Å²) in [6, 6.07) is 7.91. The minimum Gasteiger partial charge on any atom is -0.396 e. The number of halogens is 1. The van der Waals surface area contributed by atoms with E-state index < -0.39 is 0 Å². The topological polar surface area (TPSA) is 37.3 Å². The maximum Gasteiger partial charge on any atom is 0.172 e. The number of carbonyl (C=O) groups is 1. The average molecular weight is 299 g/mol. The quantitative estimate of drug-likeness (QED) is 0.876. The van der Waals surface area contributed by atoms with Gasteiger partial charge in [0.2, 0.25) is 0 Å². The van der Waals surface area contributed by atoms with Gasteiger partial charge < -0.3 is 5.11 Å². The van der Waals surface area contributed by atoms with Gasteiger partial charge in [0.05, 0.1) is 4.88 Å². The molecule has 4 heteroatoms. The number of hydrogen-bond acceptors (Lipinski definition) is 3. The third kappa shape index (κ3) is 2.51. The molecule has 0 spiro atoms. The highest BCUT2D eigenvalue weighted by molar-refractivity contribution is 9.10. The van der Waals surface area contributed by atoms with Gasteiger partial charge in [-0.15, -0.1) is 11.3 Å². The summed E-state index contributed by atoms with van der Waals surface area (Å²) in [5, 5.41) is 9.78. The van der Waals surface area contributed by atoms with Crippen LogP contribution in [0, 0.1) is 0 Å². The number of aliphatic hydroxyl groups is 1. The maximum absolute atomic E-state index is 11.7. The van der Waals surface area contributed by atoms with E-state index in [9.17, 15) is 4.79 Å².